The Kier molecular flexibility index (Phi) is 4.31. The van der Waals surface area contributed by atoms with Gasteiger partial charge < -0.3 is 4.74 Å². The van der Waals surface area contributed by atoms with Crippen LogP contribution in [0.15, 0.2) is 18.2 Å². The molecule has 0 saturated heterocycles. The number of benzene rings is 1. The maximum atomic E-state index is 13.2. The first-order valence-electron chi connectivity index (χ1n) is 5.00. The number of ketones is 1. The summed E-state index contributed by atoms with van der Waals surface area (Å²) < 4.78 is 30.3. The second-order valence-electron chi connectivity index (χ2n) is 3.62. The summed E-state index contributed by atoms with van der Waals surface area (Å²) in [6, 6.07) is 2.95. The number of ether oxygens (including phenoxy) is 1. The highest BCUT2D eigenvalue weighted by molar-refractivity contribution is 5.99. The van der Waals surface area contributed by atoms with Crippen LogP contribution >= 0.6 is 0 Å². The average Bonchev–Trinajstić information content (AvgIpc) is 2.30. The van der Waals surface area contributed by atoms with Crippen molar-refractivity contribution >= 4 is 11.8 Å². The molecule has 0 aliphatic carbocycles. The fraction of sp³-hybridized carbons (Fsp3) is 0.333. The highest BCUT2D eigenvalue weighted by Gasteiger charge is 2.23. The zero-order valence-corrected chi connectivity index (χ0v) is 9.50. The Morgan fingerprint density at radius 2 is 2.00 bits per heavy atom. The van der Waals surface area contributed by atoms with Gasteiger partial charge in [0.05, 0.1) is 7.11 Å². The lowest BCUT2D eigenvalue weighted by Gasteiger charge is -2.08. The number of hydrogen-bond acceptors (Lipinski definition) is 3. The Labute approximate surface area is 97.4 Å². The zero-order valence-electron chi connectivity index (χ0n) is 9.50. The van der Waals surface area contributed by atoms with Gasteiger partial charge in [-0.3, -0.25) is 9.59 Å². The fourth-order valence-electron chi connectivity index (χ4n) is 1.31. The van der Waals surface area contributed by atoms with Gasteiger partial charge >= 0.3 is 5.97 Å². The number of halogens is 2. The molecular weight excluding hydrogens is 230 g/mol. The van der Waals surface area contributed by atoms with Gasteiger partial charge in [-0.2, -0.15) is 0 Å². The maximum absolute atomic E-state index is 13.2. The van der Waals surface area contributed by atoms with E-state index in [0.29, 0.717) is 6.07 Å². The Morgan fingerprint density at radius 3 is 2.53 bits per heavy atom. The Morgan fingerprint density at radius 1 is 1.35 bits per heavy atom. The molecule has 0 aliphatic rings. The second kappa shape index (κ2) is 5.52. The minimum absolute atomic E-state index is 0.0622. The van der Waals surface area contributed by atoms with Crippen LogP contribution in [0, 0.1) is 17.6 Å². The number of carbonyl (C=O) groups excluding carboxylic acids is 2. The third kappa shape index (κ3) is 3.34. The summed E-state index contributed by atoms with van der Waals surface area (Å²) in [5, 5.41) is 0. The van der Waals surface area contributed by atoms with E-state index in [1.807, 2.05) is 0 Å². The lowest BCUT2D eigenvalue weighted by Crippen LogP contribution is -2.24. The van der Waals surface area contributed by atoms with Crippen LogP contribution in [0.25, 0.3) is 0 Å². The number of carbonyl (C=O) groups is 2. The second-order valence-corrected chi connectivity index (χ2v) is 3.62. The Bertz CT molecular complexity index is 443. The summed E-state index contributed by atoms with van der Waals surface area (Å²) in [5.74, 6) is -3.60. The van der Waals surface area contributed by atoms with Crippen molar-refractivity contribution in [3.63, 3.8) is 0 Å². The highest BCUT2D eigenvalue weighted by Crippen LogP contribution is 2.13. The van der Waals surface area contributed by atoms with Crippen LogP contribution in [-0.4, -0.2) is 18.9 Å². The van der Waals surface area contributed by atoms with Crippen LogP contribution in [0.5, 0.6) is 0 Å². The molecule has 0 N–H and O–H groups in total. The molecule has 0 heterocycles. The molecule has 17 heavy (non-hydrogen) atoms. The van der Waals surface area contributed by atoms with Gasteiger partial charge in [0.15, 0.2) is 5.78 Å². The van der Waals surface area contributed by atoms with Crippen LogP contribution in [-0.2, 0) is 20.7 Å². The summed E-state index contributed by atoms with van der Waals surface area (Å²) in [6.07, 6.45) is -0.262. The maximum Gasteiger partial charge on any atom is 0.315 e. The van der Waals surface area contributed by atoms with Crippen LogP contribution in [0.4, 0.5) is 8.78 Å². The predicted octanol–water partition coefficient (Wildman–Crippen LogP) is 1.89. The van der Waals surface area contributed by atoms with Gasteiger partial charge in [-0.15, -0.1) is 0 Å². The number of rotatable bonds is 4. The molecule has 3 nitrogen and oxygen atoms in total. The quantitative estimate of drug-likeness (QED) is 0.598. The van der Waals surface area contributed by atoms with Crippen molar-refractivity contribution in [3.8, 4) is 0 Å². The van der Waals surface area contributed by atoms with Gasteiger partial charge in [-0.1, -0.05) is 6.07 Å². The van der Waals surface area contributed by atoms with Crippen LogP contribution in [0.2, 0.25) is 0 Å². The molecule has 1 rings (SSSR count). The average molecular weight is 242 g/mol. The predicted molar refractivity (Wildman–Crippen MR) is 56.2 cm³/mol. The standard InChI is InChI=1S/C12H12F2O3/c1-7(12(16)17-2)11(15)5-8-3-4-9(13)6-10(8)14/h3-4,6-7H,5H2,1-2H3. The van der Waals surface area contributed by atoms with Gasteiger partial charge in [0.2, 0.25) is 0 Å². The van der Waals surface area contributed by atoms with Crippen LogP contribution in [0.1, 0.15) is 12.5 Å². The van der Waals surface area contributed by atoms with Crippen molar-refractivity contribution in [2.24, 2.45) is 5.92 Å². The summed E-state index contributed by atoms with van der Waals surface area (Å²) in [6.45, 7) is 1.38. The van der Waals surface area contributed by atoms with E-state index < -0.39 is 29.3 Å². The molecule has 1 aromatic carbocycles. The van der Waals surface area contributed by atoms with E-state index in [-0.39, 0.29) is 12.0 Å². The normalized spacial score (nSPS) is 12.0. The van der Waals surface area contributed by atoms with E-state index in [1.165, 1.54) is 20.1 Å². The van der Waals surface area contributed by atoms with Crippen molar-refractivity contribution in [1.82, 2.24) is 0 Å². The molecule has 0 radical (unpaired) electrons. The monoisotopic (exact) mass is 242 g/mol. The van der Waals surface area contributed by atoms with Crippen molar-refractivity contribution < 1.29 is 23.1 Å². The molecular formula is C12H12F2O3. The Hall–Kier alpha value is -1.78. The van der Waals surface area contributed by atoms with Crippen LogP contribution < -0.4 is 0 Å². The molecule has 1 atom stereocenters. The van der Waals surface area contributed by atoms with E-state index in [1.54, 1.807) is 0 Å². The van der Waals surface area contributed by atoms with Gasteiger partial charge in [0.25, 0.3) is 0 Å². The fourth-order valence-corrected chi connectivity index (χ4v) is 1.31. The number of hydrogen-bond donors (Lipinski definition) is 0. The van der Waals surface area contributed by atoms with Gasteiger partial charge in [0, 0.05) is 12.5 Å². The molecule has 1 unspecified atom stereocenters. The van der Waals surface area contributed by atoms with E-state index in [9.17, 15) is 18.4 Å². The molecule has 0 aliphatic heterocycles. The summed E-state index contributed by atoms with van der Waals surface area (Å²) in [5.41, 5.74) is 0.0622. The molecule has 0 spiro atoms. The highest BCUT2D eigenvalue weighted by atomic mass is 19.1. The van der Waals surface area contributed by atoms with Crippen molar-refractivity contribution in [1.29, 1.82) is 0 Å². The SMILES string of the molecule is COC(=O)C(C)C(=O)Cc1ccc(F)cc1F. The van der Waals surface area contributed by atoms with Gasteiger partial charge in [0.1, 0.15) is 17.6 Å². The number of esters is 1. The summed E-state index contributed by atoms with van der Waals surface area (Å²) >= 11 is 0. The van der Waals surface area contributed by atoms with Gasteiger partial charge in [-0.25, -0.2) is 8.78 Å². The van der Waals surface area contributed by atoms with E-state index >= 15 is 0 Å². The van der Waals surface area contributed by atoms with Crippen LogP contribution in [0.3, 0.4) is 0 Å². The van der Waals surface area contributed by atoms with Crippen molar-refractivity contribution in [2.45, 2.75) is 13.3 Å². The third-order valence-electron chi connectivity index (χ3n) is 2.42. The first-order valence-corrected chi connectivity index (χ1v) is 5.00. The topological polar surface area (TPSA) is 43.4 Å². The first kappa shape index (κ1) is 13.3. The van der Waals surface area contributed by atoms with Crippen molar-refractivity contribution in [2.75, 3.05) is 7.11 Å². The van der Waals surface area contributed by atoms with Crippen molar-refractivity contribution in [3.05, 3.63) is 35.4 Å². The summed E-state index contributed by atoms with van der Waals surface area (Å²) in [7, 11) is 1.17. The molecule has 0 amide bonds. The molecule has 1 aromatic rings. The minimum atomic E-state index is -0.954. The van der Waals surface area contributed by atoms with E-state index in [4.69, 9.17) is 0 Å². The molecule has 92 valence electrons. The third-order valence-corrected chi connectivity index (χ3v) is 2.42. The largest absolute Gasteiger partial charge is 0.468 e. The summed E-state index contributed by atoms with van der Waals surface area (Å²) in [4.78, 5) is 22.7. The smallest absolute Gasteiger partial charge is 0.315 e. The van der Waals surface area contributed by atoms with E-state index in [0.717, 1.165) is 6.07 Å². The first-order chi connectivity index (χ1) is 7.95. The number of methoxy groups -OCH3 is 1. The lowest BCUT2D eigenvalue weighted by atomic mass is 9.99. The minimum Gasteiger partial charge on any atom is -0.468 e. The number of Topliss-reactive ketones (excluding diaryl/α,β-unsaturated/α-hetero) is 1. The molecule has 5 heteroatoms. The van der Waals surface area contributed by atoms with Gasteiger partial charge in [-0.05, 0) is 18.6 Å². The molecule has 0 fully saturated rings. The lowest BCUT2D eigenvalue weighted by molar-refractivity contribution is -0.148. The van der Waals surface area contributed by atoms with E-state index in [2.05, 4.69) is 4.74 Å². The molecule has 0 bridgehead atoms. The molecule has 0 aromatic heterocycles. The Balaban J connectivity index is 2.78. The molecule has 0 saturated carbocycles. The zero-order chi connectivity index (χ0) is 13.0.